The maximum Gasteiger partial charge on any atom is 0.120 e. The van der Waals surface area contributed by atoms with Gasteiger partial charge in [-0.05, 0) is 48.4 Å². The van der Waals surface area contributed by atoms with E-state index in [1.54, 1.807) is 6.33 Å². The van der Waals surface area contributed by atoms with Crippen LogP contribution in [0.25, 0.3) is 17.1 Å². The Labute approximate surface area is 170 Å². The highest BCUT2D eigenvalue weighted by molar-refractivity contribution is 5.75. The lowest BCUT2D eigenvalue weighted by Crippen LogP contribution is -1.98. The summed E-state index contributed by atoms with van der Waals surface area (Å²) in [6, 6.07) is 26.3. The molecule has 4 aromatic rings. The van der Waals surface area contributed by atoms with Crippen LogP contribution in [-0.4, -0.2) is 9.55 Å². The van der Waals surface area contributed by atoms with Crippen LogP contribution in [0.15, 0.2) is 84.7 Å². The molecule has 29 heavy (non-hydrogen) atoms. The maximum absolute atomic E-state index is 9.62. The number of benzene rings is 3. The molecule has 0 saturated heterocycles. The number of nitrogens with zero attached hydrogens (tertiary/aromatic N) is 3. The van der Waals surface area contributed by atoms with E-state index in [1.807, 2.05) is 59.2 Å². The van der Waals surface area contributed by atoms with Crippen molar-refractivity contribution in [1.82, 2.24) is 9.55 Å². The Bertz CT molecular complexity index is 1200. The lowest BCUT2D eigenvalue weighted by Gasteiger charge is -2.08. The number of hydrogen-bond acceptors (Lipinski definition) is 3. The van der Waals surface area contributed by atoms with Gasteiger partial charge in [-0.2, -0.15) is 5.26 Å². The van der Waals surface area contributed by atoms with Gasteiger partial charge in [0.25, 0.3) is 0 Å². The van der Waals surface area contributed by atoms with Crippen LogP contribution >= 0.6 is 0 Å². The molecule has 0 atom stereocenters. The summed E-state index contributed by atoms with van der Waals surface area (Å²) < 4.78 is 7.91. The van der Waals surface area contributed by atoms with E-state index in [2.05, 4.69) is 42.2 Å². The predicted molar refractivity (Wildman–Crippen MR) is 115 cm³/mol. The monoisotopic (exact) mass is 379 g/mol. The second-order valence-corrected chi connectivity index (χ2v) is 6.99. The topological polar surface area (TPSA) is 50.8 Å². The summed E-state index contributed by atoms with van der Waals surface area (Å²) in [5.74, 6) is 0.782. The molecule has 0 unspecified atom stereocenters. The molecule has 0 amide bonds. The van der Waals surface area contributed by atoms with Crippen LogP contribution < -0.4 is 4.74 Å². The van der Waals surface area contributed by atoms with Gasteiger partial charge in [-0.3, -0.25) is 0 Å². The van der Waals surface area contributed by atoms with Gasteiger partial charge in [0.05, 0.1) is 30.0 Å². The fourth-order valence-electron chi connectivity index (χ4n) is 3.18. The van der Waals surface area contributed by atoms with Gasteiger partial charge < -0.3 is 9.30 Å². The van der Waals surface area contributed by atoms with Crippen LogP contribution in [-0.2, 0) is 13.2 Å². The number of aryl methyl sites for hydroxylation is 1. The molecule has 4 nitrogen and oxygen atoms in total. The van der Waals surface area contributed by atoms with Gasteiger partial charge in [0.1, 0.15) is 12.4 Å². The summed E-state index contributed by atoms with van der Waals surface area (Å²) in [7, 11) is 0. The first-order valence-electron chi connectivity index (χ1n) is 9.50. The van der Waals surface area contributed by atoms with E-state index in [1.165, 1.54) is 5.56 Å². The Morgan fingerprint density at radius 1 is 1.07 bits per heavy atom. The highest BCUT2D eigenvalue weighted by atomic mass is 16.5. The number of para-hydroxylation sites is 2. The first-order valence-corrected chi connectivity index (χ1v) is 9.50. The first-order chi connectivity index (χ1) is 14.2. The molecule has 4 heteroatoms. The molecular weight excluding hydrogens is 358 g/mol. The maximum atomic E-state index is 9.62. The number of ether oxygens (including phenoxy) is 1. The summed E-state index contributed by atoms with van der Waals surface area (Å²) in [5.41, 5.74) is 5.90. The van der Waals surface area contributed by atoms with Crippen molar-refractivity contribution in [2.75, 3.05) is 0 Å². The summed E-state index contributed by atoms with van der Waals surface area (Å²) in [6.07, 6.45) is 3.67. The molecule has 0 N–H and O–H groups in total. The van der Waals surface area contributed by atoms with Crippen LogP contribution in [0.2, 0.25) is 0 Å². The average molecular weight is 379 g/mol. The van der Waals surface area contributed by atoms with Crippen molar-refractivity contribution in [2.45, 2.75) is 20.1 Å². The van der Waals surface area contributed by atoms with E-state index >= 15 is 0 Å². The van der Waals surface area contributed by atoms with E-state index in [0.29, 0.717) is 18.7 Å². The highest BCUT2D eigenvalue weighted by Gasteiger charge is 2.05. The Balaban J connectivity index is 1.49. The molecule has 0 aliphatic heterocycles. The average Bonchev–Trinajstić information content (AvgIpc) is 3.16. The minimum atomic E-state index is 0.478. The number of aromatic nitrogens is 2. The van der Waals surface area contributed by atoms with Crippen molar-refractivity contribution in [3.8, 4) is 11.8 Å². The van der Waals surface area contributed by atoms with Gasteiger partial charge in [-0.1, -0.05) is 54.1 Å². The van der Waals surface area contributed by atoms with Gasteiger partial charge in [-0.25, -0.2) is 4.98 Å². The molecule has 3 aromatic carbocycles. The third-order valence-corrected chi connectivity index (χ3v) is 4.74. The van der Waals surface area contributed by atoms with Gasteiger partial charge in [-0.15, -0.1) is 0 Å². The fraction of sp³-hybridized carbons (Fsp3) is 0.120. The number of nitriles is 1. The lowest BCUT2D eigenvalue weighted by atomic mass is 10.1. The number of fused-ring (bicyclic) bond motifs is 1. The molecule has 0 bridgehead atoms. The summed E-state index contributed by atoms with van der Waals surface area (Å²) in [4.78, 5) is 4.39. The Morgan fingerprint density at radius 2 is 1.90 bits per heavy atom. The fourth-order valence-corrected chi connectivity index (χ4v) is 3.18. The number of hydrogen-bond donors (Lipinski definition) is 0. The molecule has 0 fully saturated rings. The highest BCUT2D eigenvalue weighted by Crippen LogP contribution is 2.19. The second-order valence-electron chi connectivity index (χ2n) is 6.99. The molecule has 142 valence electrons. The zero-order valence-corrected chi connectivity index (χ0v) is 16.2. The number of imidazole rings is 1. The van der Waals surface area contributed by atoms with Gasteiger partial charge in [0.15, 0.2) is 0 Å². The molecule has 1 aromatic heterocycles. The quantitative estimate of drug-likeness (QED) is 0.414. The first kappa shape index (κ1) is 18.5. The summed E-state index contributed by atoms with van der Waals surface area (Å²) in [6.45, 7) is 3.06. The third kappa shape index (κ3) is 4.53. The molecule has 0 aliphatic rings. The van der Waals surface area contributed by atoms with Crippen LogP contribution in [0.3, 0.4) is 0 Å². The Kier molecular flexibility index (Phi) is 5.40. The van der Waals surface area contributed by atoms with E-state index in [9.17, 15) is 5.26 Å². The lowest BCUT2D eigenvalue weighted by molar-refractivity contribution is 0.306. The van der Waals surface area contributed by atoms with Crippen molar-refractivity contribution in [1.29, 1.82) is 5.26 Å². The van der Waals surface area contributed by atoms with Gasteiger partial charge in [0, 0.05) is 5.57 Å². The predicted octanol–water partition coefficient (Wildman–Crippen LogP) is 5.53. The summed E-state index contributed by atoms with van der Waals surface area (Å²) >= 11 is 0. The van der Waals surface area contributed by atoms with E-state index in [0.717, 1.165) is 27.9 Å². The van der Waals surface area contributed by atoms with Crippen LogP contribution in [0, 0.1) is 18.3 Å². The SMILES string of the molecule is Cc1ccc(COc2cccc(/C=C(/C#N)Cn3cnc4ccccc43)c2)cc1. The van der Waals surface area contributed by atoms with Crippen molar-refractivity contribution in [3.63, 3.8) is 0 Å². The molecule has 0 radical (unpaired) electrons. The molecular formula is C25H21N3O. The molecule has 1 heterocycles. The number of rotatable bonds is 6. The van der Waals surface area contributed by atoms with Crippen LogP contribution in [0.5, 0.6) is 5.75 Å². The third-order valence-electron chi connectivity index (χ3n) is 4.74. The largest absolute Gasteiger partial charge is 0.489 e. The van der Waals surface area contributed by atoms with E-state index in [-0.39, 0.29) is 0 Å². The van der Waals surface area contributed by atoms with E-state index in [4.69, 9.17) is 4.74 Å². The van der Waals surface area contributed by atoms with Crippen molar-refractivity contribution in [2.24, 2.45) is 0 Å². The summed E-state index contributed by atoms with van der Waals surface area (Å²) in [5, 5.41) is 9.62. The Morgan fingerprint density at radius 3 is 2.72 bits per heavy atom. The zero-order chi connectivity index (χ0) is 20.1. The molecule has 4 rings (SSSR count). The van der Waals surface area contributed by atoms with Crippen LogP contribution in [0.4, 0.5) is 0 Å². The molecule has 0 spiro atoms. The molecule has 0 aliphatic carbocycles. The van der Waals surface area contributed by atoms with Crippen molar-refractivity contribution in [3.05, 3.63) is 101 Å². The van der Waals surface area contributed by atoms with Gasteiger partial charge >= 0.3 is 0 Å². The molecule has 0 saturated carbocycles. The normalized spacial score (nSPS) is 11.4. The van der Waals surface area contributed by atoms with Crippen LogP contribution in [0.1, 0.15) is 16.7 Å². The zero-order valence-electron chi connectivity index (χ0n) is 16.2. The standard InChI is InChI=1S/C25H21N3O/c1-19-9-11-20(12-10-19)17-29-23-6-4-5-21(14-23)13-22(15-26)16-28-18-27-24-7-2-3-8-25(24)28/h2-14,18H,16-17H2,1H3/b22-13-. The van der Waals surface area contributed by atoms with Crippen molar-refractivity contribution < 1.29 is 4.74 Å². The Hall–Kier alpha value is -3.84. The smallest absolute Gasteiger partial charge is 0.120 e. The van der Waals surface area contributed by atoms with Gasteiger partial charge in [0.2, 0.25) is 0 Å². The number of allylic oxidation sites excluding steroid dienone is 1. The second kappa shape index (κ2) is 8.45. The van der Waals surface area contributed by atoms with Crippen molar-refractivity contribution >= 4 is 17.1 Å². The minimum absolute atomic E-state index is 0.478. The van der Waals surface area contributed by atoms with E-state index < -0.39 is 0 Å². The minimum Gasteiger partial charge on any atom is -0.489 e.